The number of likely N-dealkylation sites (tertiary alicyclic amines) is 1. The predicted molar refractivity (Wildman–Crippen MR) is 71.5 cm³/mol. The molecule has 1 aliphatic rings. The molecule has 1 atom stereocenters. The summed E-state index contributed by atoms with van der Waals surface area (Å²) < 4.78 is 1.91. The number of aromatic nitrogens is 3. The Morgan fingerprint density at radius 3 is 2.83 bits per heavy atom. The van der Waals surface area contributed by atoms with Gasteiger partial charge in [-0.2, -0.15) is 0 Å². The van der Waals surface area contributed by atoms with Crippen molar-refractivity contribution in [2.75, 3.05) is 12.3 Å². The lowest BCUT2D eigenvalue weighted by molar-refractivity contribution is -0.131. The topological polar surface area (TPSA) is 51.0 Å². The van der Waals surface area contributed by atoms with E-state index in [4.69, 9.17) is 0 Å². The Morgan fingerprint density at radius 1 is 1.44 bits per heavy atom. The second kappa shape index (κ2) is 5.73. The van der Waals surface area contributed by atoms with Gasteiger partial charge in [-0.05, 0) is 33.1 Å². The summed E-state index contributed by atoms with van der Waals surface area (Å²) in [6.45, 7) is 4.94. The van der Waals surface area contributed by atoms with Crippen LogP contribution in [0.5, 0.6) is 0 Å². The number of rotatable bonds is 3. The number of amides is 1. The molecule has 6 heteroatoms. The van der Waals surface area contributed by atoms with E-state index in [9.17, 15) is 4.79 Å². The molecule has 0 N–H and O–H groups in total. The third kappa shape index (κ3) is 2.85. The lowest BCUT2D eigenvalue weighted by atomic mass is 10.0. The second-order valence-corrected chi connectivity index (χ2v) is 5.75. The number of carbonyl (C=O) groups is 1. The van der Waals surface area contributed by atoms with Crippen LogP contribution in [-0.4, -0.2) is 43.9 Å². The van der Waals surface area contributed by atoms with E-state index in [2.05, 4.69) is 17.1 Å². The number of hydrogen-bond donors (Lipinski definition) is 0. The maximum Gasteiger partial charge on any atom is 0.233 e. The summed E-state index contributed by atoms with van der Waals surface area (Å²) in [6.07, 6.45) is 3.49. The summed E-state index contributed by atoms with van der Waals surface area (Å²) in [7, 11) is 1.92. The van der Waals surface area contributed by atoms with Gasteiger partial charge >= 0.3 is 0 Å². The molecule has 1 fully saturated rings. The summed E-state index contributed by atoms with van der Waals surface area (Å²) in [4.78, 5) is 14.1. The standard InChI is InChI=1S/C12H20N4OS/c1-9-6-4-5-7-16(9)11(17)8-18-12-14-13-10(2)15(12)3/h9H,4-8H2,1-3H3. The molecule has 0 aromatic carbocycles. The van der Waals surface area contributed by atoms with Gasteiger partial charge in [0.25, 0.3) is 0 Å². The third-order valence-corrected chi connectivity index (χ3v) is 4.51. The molecule has 1 aromatic heterocycles. The quantitative estimate of drug-likeness (QED) is 0.782. The fourth-order valence-electron chi connectivity index (χ4n) is 2.19. The monoisotopic (exact) mass is 268 g/mol. The fourth-order valence-corrected chi connectivity index (χ4v) is 3.03. The first-order valence-electron chi connectivity index (χ1n) is 6.38. The van der Waals surface area contributed by atoms with Crippen molar-refractivity contribution in [2.45, 2.75) is 44.3 Å². The Hall–Kier alpha value is -1.04. The van der Waals surface area contributed by atoms with Crippen molar-refractivity contribution in [1.29, 1.82) is 0 Å². The third-order valence-electron chi connectivity index (χ3n) is 3.50. The second-order valence-electron chi connectivity index (χ2n) is 4.81. The van der Waals surface area contributed by atoms with E-state index in [-0.39, 0.29) is 5.91 Å². The molecule has 18 heavy (non-hydrogen) atoms. The van der Waals surface area contributed by atoms with Gasteiger partial charge in [-0.25, -0.2) is 0 Å². The number of carbonyl (C=O) groups excluding carboxylic acids is 1. The Labute approximate surface area is 112 Å². The molecular formula is C12H20N4OS. The maximum atomic E-state index is 12.1. The smallest absolute Gasteiger partial charge is 0.233 e. The first-order chi connectivity index (χ1) is 8.59. The molecule has 0 spiro atoms. The average Bonchev–Trinajstić information content (AvgIpc) is 2.68. The number of thioether (sulfide) groups is 1. The maximum absolute atomic E-state index is 12.1. The molecule has 1 saturated heterocycles. The van der Waals surface area contributed by atoms with E-state index in [1.54, 1.807) is 0 Å². The van der Waals surface area contributed by atoms with Crippen LogP contribution in [0.25, 0.3) is 0 Å². The van der Waals surface area contributed by atoms with Crippen LogP contribution in [0.1, 0.15) is 32.0 Å². The normalized spacial score (nSPS) is 20.2. The summed E-state index contributed by atoms with van der Waals surface area (Å²) in [6, 6.07) is 0.382. The molecule has 0 bridgehead atoms. The van der Waals surface area contributed by atoms with E-state index in [0.717, 1.165) is 30.4 Å². The molecule has 2 rings (SSSR count). The van der Waals surface area contributed by atoms with Gasteiger partial charge in [0, 0.05) is 19.6 Å². The molecular weight excluding hydrogens is 248 g/mol. The first-order valence-corrected chi connectivity index (χ1v) is 7.36. The Balaban J connectivity index is 1.90. The van der Waals surface area contributed by atoms with Gasteiger partial charge in [0.15, 0.2) is 5.16 Å². The van der Waals surface area contributed by atoms with Crippen LogP contribution < -0.4 is 0 Å². The molecule has 1 unspecified atom stereocenters. The lowest BCUT2D eigenvalue weighted by Gasteiger charge is -2.33. The van der Waals surface area contributed by atoms with Crippen molar-refractivity contribution in [1.82, 2.24) is 19.7 Å². The van der Waals surface area contributed by atoms with Gasteiger partial charge in [-0.3, -0.25) is 4.79 Å². The first kappa shape index (κ1) is 13.4. The zero-order valence-corrected chi connectivity index (χ0v) is 12.0. The number of nitrogens with zero attached hydrogens (tertiary/aromatic N) is 4. The van der Waals surface area contributed by atoms with Crippen molar-refractivity contribution in [3.05, 3.63) is 5.82 Å². The Bertz CT molecular complexity index is 432. The summed E-state index contributed by atoms with van der Waals surface area (Å²) in [5, 5.41) is 8.86. The van der Waals surface area contributed by atoms with Crippen LogP contribution in [0.2, 0.25) is 0 Å². The van der Waals surface area contributed by atoms with Crippen LogP contribution in [0.4, 0.5) is 0 Å². The zero-order valence-electron chi connectivity index (χ0n) is 11.2. The zero-order chi connectivity index (χ0) is 13.1. The van der Waals surface area contributed by atoms with Crippen LogP contribution in [-0.2, 0) is 11.8 Å². The fraction of sp³-hybridized carbons (Fsp3) is 0.750. The Kier molecular flexibility index (Phi) is 4.27. The largest absolute Gasteiger partial charge is 0.339 e. The Morgan fingerprint density at radius 2 is 2.22 bits per heavy atom. The van der Waals surface area contributed by atoms with E-state index in [1.807, 2.05) is 23.4 Å². The lowest BCUT2D eigenvalue weighted by Crippen LogP contribution is -2.42. The summed E-state index contributed by atoms with van der Waals surface area (Å²) in [5.74, 6) is 1.54. The van der Waals surface area contributed by atoms with Gasteiger partial charge in [0.2, 0.25) is 5.91 Å². The summed E-state index contributed by atoms with van der Waals surface area (Å²) >= 11 is 1.47. The number of hydrogen-bond acceptors (Lipinski definition) is 4. The molecule has 1 aromatic rings. The minimum Gasteiger partial charge on any atom is -0.339 e. The molecule has 0 radical (unpaired) electrons. The summed E-state index contributed by atoms with van der Waals surface area (Å²) in [5.41, 5.74) is 0. The van der Waals surface area contributed by atoms with Crippen LogP contribution >= 0.6 is 11.8 Å². The molecule has 0 aliphatic carbocycles. The highest BCUT2D eigenvalue weighted by Crippen LogP contribution is 2.20. The van der Waals surface area contributed by atoms with E-state index in [1.165, 1.54) is 18.2 Å². The molecule has 5 nitrogen and oxygen atoms in total. The van der Waals surface area contributed by atoms with Crippen LogP contribution in [0.15, 0.2) is 5.16 Å². The van der Waals surface area contributed by atoms with Crippen LogP contribution in [0, 0.1) is 6.92 Å². The highest BCUT2D eigenvalue weighted by atomic mass is 32.2. The van der Waals surface area contributed by atoms with Crippen molar-refractivity contribution >= 4 is 17.7 Å². The van der Waals surface area contributed by atoms with Crippen molar-refractivity contribution < 1.29 is 4.79 Å². The number of piperidine rings is 1. The molecule has 2 heterocycles. The van der Waals surface area contributed by atoms with E-state index >= 15 is 0 Å². The van der Waals surface area contributed by atoms with Crippen molar-refractivity contribution in [3.8, 4) is 0 Å². The highest BCUT2D eigenvalue weighted by Gasteiger charge is 2.23. The average molecular weight is 268 g/mol. The van der Waals surface area contributed by atoms with Crippen molar-refractivity contribution in [2.24, 2.45) is 7.05 Å². The molecule has 1 amide bonds. The molecule has 1 aliphatic heterocycles. The molecule has 100 valence electrons. The van der Waals surface area contributed by atoms with Crippen molar-refractivity contribution in [3.63, 3.8) is 0 Å². The van der Waals surface area contributed by atoms with Gasteiger partial charge in [-0.15, -0.1) is 10.2 Å². The molecule has 0 saturated carbocycles. The minimum atomic E-state index is 0.216. The van der Waals surface area contributed by atoms with Gasteiger partial charge in [-0.1, -0.05) is 11.8 Å². The van der Waals surface area contributed by atoms with Gasteiger partial charge < -0.3 is 9.47 Å². The number of aryl methyl sites for hydroxylation is 1. The minimum absolute atomic E-state index is 0.216. The van der Waals surface area contributed by atoms with E-state index in [0.29, 0.717) is 11.8 Å². The highest BCUT2D eigenvalue weighted by molar-refractivity contribution is 7.99. The van der Waals surface area contributed by atoms with Gasteiger partial charge in [0.05, 0.1) is 5.75 Å². The predicted octanol–water partition coefficient (Wildman–Crippen LogP) is 1.62. The van der Waals surface area contributed by atoms with Crippen LogP contribution in [0.3, 0.4) is 0 Å². The van der Waals surface area contributed by atoms with E-state index < -0.39 is 0 Å². The van der Waals surface area contributed by atoms with Gasteiger partial charge in [0.1, 0.15) is 5.82 Å². The SMILES string of the molecule is Cc1nnc(SCC(=O)N2CCCCC2C)n1C.